The second-order valence-electron chi connectivity index (χ2n) is 5.34. The third-order valence-electron chi connectivity index (χ3n) is 3.39. The summed E-state index contributed by atoms with van der Waals surface area (Å²) in [6.45, 7) is 4.51. The molecule has 0 bridgehead atoms. The highest BCUT2D eigenvalue weighted by Gasteiger charge is 2.25. The van der Waals surface area contributed by atoms with Crippen molar-refractivity contribution in [2.24, 2.45) is 0 Å². The topological polar surface area (TPSA) is 97.8 Å². The van der Waals surface area contributed by atoms with Gasteiger partial charge >= 0.3 is 0 Å². The van der Waals surface area contributed by atoms with Crippen LogP contribution in [0.1, 0.15) is 25.2 Å². The highest BCUT2D eigenvalue weighted by Crippen LogP contribution is 2.25. The van der Waals surface area contributed by atoms with Gasteiger partial charge in [0.1, 0.15) is 17.1 Å². The Morgan fingerprint density at radius 2 is 2.22 bits per heavy atom. The van der Waals surface area contributed by atoms with Crippen LogP contribution < -0.4 is 10.1 Å². The molecule has 0 saturated carbocycles. The van der Waals surface area contributed by atoms with E-state index in [0.717, 1.165) is 0 Å². The standard InChI is InChI=1S/C16H20N2O5/c1-3-22-14-7-6-13(18(20)21)9-12(14)10-17-11-16(2,19)15-5-4-8-23-15/h4-9,17,19H,3,10-11H2,1-2H3. The van der Waals surface area contributed by atoms with E-state index in [2.05, 4.69) is 5.32 Å². The number of nitro groups is 1. The van der Waals surface area contributed by atoms with Gasteiger partial charge in [-0.1, -0.05) is 0 Å². The first-order chi connectivity index (χ1) is 10.9. The van der Waals surface area contributed by atoms with Gasteiger partial charge in [0.2, 0.25) is 0 Å². The van der Waals surface area contributed by atoms with Gasteiger partial charge in [-0.25, -0.2) is 0 Å². The molecule has 0 aliphatic carbocycles. The Hall–Kier alpha value is -2.38. The van der Waals surface area contributed by atoms with Crippen LogP contribution in [0.5, 0.6) is 5.75 Å². The molecular formula is C16H20N2O5. The lowest BCUT2D eigenvalue weighted by Crippen LogP contribution is -2.34. The van der Waals surface area contributed by atoms with Crippen molar-refractivity contribution in [1.29, 1.82) is 0 Å². The lowest BCUT2D eigenvalue weighted by molar-refractivity contribution is -0.384. The average molecular weight is 320 g/mol. The smallest absolute Gasteiger partial charge is 0.270 e. The minimum atomic E-state index is -1.17. The van der Waals surface area contributed by atoms with E-state index in [-0.39, 0.29) is 12.2 Å². The second kappa shape index (κ2) is 7.26. The van der Waals surface area contributed by atoms with E-state index in [1.54, 1.807) is 25.1 Å². The first-order valence-electron chi connectivity index (χ1n) is 7.31. The summed E-state index contributed by atoms with van der Waals surface area (Å²) in [4.78, 5) is 10.5. The van der Waals surface area contributed by atoms with E-state index < -0.39 is 10.5 Å². The summed E-state index contributed by atoms with van der Waals surface area (Å²) < 4.78 is 10.7. The monoisotopic (exact) mass is 320 g/mol. The third kappa shape index (κ3) is 4.30. The van der Waals surface area contributed by atoms with Gasteiger partial charge in [-0.2, -0.15) is 0 Å². The lowest BCUT2D eigenvalue weighted by atomic mass is 10.0. The van der Waals surface area contributed by atoms with Crippen LogP contribution in [-0.4, -0.2) is 23.2 Å². The molecule has 1 aromatic heterocycles. The van der Waals surface area contributed by atoms with Gasteiger partial charge in [-0.3, -0.25) is 10.1 Å². The number of hydrogen-bond donors (Lipinski definition) is 2. The van der Waals surface area contributed by atoms with E-state index in [1.165, 1.54) is 18.4 Å². The molecule has 0 aliphatic heterocycles. The summed E-state index contributed by atoms with van der Waals surface area (Å²) in [6, 6.07) is 7.87. The van der Waals surface area contributed by atoms with E-state index >= 15 is 0 Å². The summed E-state index contributed by atoms with van der Waals surface area (Å²) in [7, 11) is 0. The van der Waals surface area contributed by atoms with Crippen LogP contribution >= 0.6 is 0 Å². The third-order valence-corrected chi connectivity index (χ3v) is 3.39. The lowest BCUT2D eigenvalue weighted by Gasteiger charge is -2.21. The Kier molecular flexibility index (Phi) is 5.36. The Labute approximate surface area is 134 Å². The van der Waals surface area contributed by atoms with Gasteiger partial charge < -0.3 is 19.6 Å². The summed E-state index contributed by atoms with van der Waals surface area (Å²) in [5.41, 5.74) is -0.505. The molecule has 0 saturated heterocycles. The Bertz CT molecular complexity index is 652. The Balaban J connectivity index is 2.06. The van der Waals surface area contributed by atoms with Crippen LogP contribution in [-0.2, 0) is 12.1 Å². The van der Waals surface area contributed by atoms with Gasteiger partial charge in [0, 0.05) is 30.8 Å². The van der Waals surface area contributed by atoms with Crippen molar-refractivity contribution in [3.63, 3.8) is 0 Å². The number of hydrogen-bond acceptors (Lipinski definition) is 6. The van der Waals surface area contributed by atoms with Gasteiger partial charge in [0.15, 0.2) is 0 Å². The molecule has 2 aromatic rings. The summed E-state index contributed by atoms with van der Waals surface area (Å²) in [5.74, 6) is 1.04. The summed E-state index contributed by atoms with van der Waals surface area (Å²) in [5, 5.41) is 24.4. The normalized spacial score (nSPS) is 13.5. The van der Waals surface area contributed by atoms with Crippen LogP contribution in [0.15, 0.2) is 41.0 Å². The minimum Gasteiger partial charge on any atom is -0.494 e. The maximum absolute atomic E-state index is 10.9. The number of rotatable bonds is 8. The van der Waals surface area contributed by atoms with Crippen LogP contribution in [0, 0.1) is 10.1 Å². The molecule has 23 heavy (non-hydrogen) atoms. The molecule has 0 fully saturated rings. The highest BCUT2D eigenvalue weighted by molar-refractivity contribution is 5.43. The number of nitro benzene ring substituents is 1. The molecule has 1 aromatic carbocycles. The SMILES string of the molecule is CCOc1ccc([N+](=O)[O-])cc1CNCC(C)(O)c1ccco1. The number of aliphatic hydroxyl groups is 1. The summed E-state index contributed by atoms with van der Waals surface area (Å²) in [6.07, 6.45) is 1.50. The molecule has 7 nitrogen and oxygen atoms in total. The Morgan fingerprint density at radius 1 is 1.43 bits per heavy atom. The zero-order chi connectivity index (χ0) is 16.9. The van der Waals surface area contributed by atoms with Crippen LogP contribution in [0.3, 0.4) is 0 Å². The minimum absolute atomic E-state index is 0.00282. The van der Waals surface area contributed by atoms with E-state index in [4.69, 9.17) is 9.15 Å². The first kappa shape index (κ1) is 17.0. The van der Waals surface area contributed by atoms with Crippen LogP contribution in [0.2, 0.25) is 0 Å². The zero-order valence-electron chi connectivity index (χ0n) is 13.1. The number of furan rings is 1. The van der Waals surface area contributed by atoms with Crippen molar-refractivity contribution in [2.45, 2.75) is 26.0 Å². The maximum Gasteiger partial charge on any atom is 0.270 e. The van der Waals surface area contributed by atoms with Crippen LogP contribution in [0.4, 0.5) is 5.69 Å². The number of benzene rings is 1. The van der Waals surface area contributed by atoms with Crippen molar-refractivity contribution >= 4 is 5.69 Å². The molecule has 1 unspecified atom stereocenters. The fraction of sp³-hybridized carbons (Fsp3) is 0.375. The van der Waals surface area contributed by atoms with Crippen molar-refractivity contribution < 1.29 is 19.2 Å². The molecule has 0 aliphatic rings. The summed E-state index contributed by atoms with van der Waals surface area (Å²) >= 11 is 0. The molecule has 2 rings (SSSR count). The van der Waals surface area contributed by atoms with Crippen molar-refractivity contribution in [1.82, 2.24) is 5.32 Å². The van der Waals surface area contributed by atoms with E-state index in [9.17, 15) is 15.2 Å². The predicted molar refractivity (Wildman–Crippen MR) is 84.3 cm³/mol. The van der Waals surface area contributed by atoms with Gasteiger partial charge in [0.05, 0.1) is 17.8 Å². The molecule has 1 atom stereocenters. The molecular weight excluding hydrogens is 300 g/mol. The molecule has 7 heteroatoms. The van der Waals surface area contributed by atoms with Gasteiger partial charge in [-0.05, 0) is 32.0 Å². The fourth-order valence-corrected chi connectivity index (χ4v) is 2.23. The highest BCUT2D eigenvalue weighted by atomic mass is 16.6. The van der Waals surface area contributed by atoms with Crippen LogP contribution in [0.25, 0.3) is 0 Å². The van der Waals surface area contributed by atoms with E-state index in [1.807, 2.05) is 6.92 Å². The fourth-order valence-electron chi connectivity index (χ4n) is 2.23. The molecule has 0 amide bonds. The molecule has 1 heterocycles. The Morgan fingerprint density at radius 3 is 2.83 bits per heavy atom. The zero-order valence-corrected chi connectivity index (χ0v) is 13.1. The second-order valence-corrected chi connectivity index (χ2v) is 5.34. The largest absolute Gasteiger partial charge is 0.494 e. The molecule has 0 spiro atoms. The van der Waals surface area contributed by atoms with E-state index in [0.29, 0.717) is 30.2 Å². The van der Waals surface area contributed by atoms with Crippen molar-refractivity contribution in [3.05, 3.63) is 58.0 Å². The molecule has 0 radical (unpaired) electrons. The maximum atomic E-state index is 10.9. The average Bonchev–Trinajstić information content (AvgIpc) is 3.04. The van der Waals surface area contributed by atoms with Crippen molar-refractivity contribution in [2.75, 3.05) is 13.2 Å². The van der Waals surface area contributed by atoms with Crippen molar-refractivity contribution in [3.8, 4) is 5.75 Å². The quantitative estimate of drug-likeness (QED) is 0.573. The number of non-ortho nitro benzene ring substituents is 1. The number of nitrogens with zero attached hydrogens (tertiary/aromatic N) is 1. The number of ether oxygens (including phenoxy) is 1. The first-order valence-corrected chi connectivity index (χ1v) is 7.31. The predicted octanol–water partition coefficient (Wildman–Crippen LogP) is 2.58. The van der Waals surface area contributed by atoms with Gasteiger partial charge in [-0.15, -0.1) is 0 Å². The molecule has 124 valence electrons. The van der Waals surface area contributed by atoms with Gasteiger partial charge in [0.25, 0.3) is 5.69 Å². The molecule has 2 N–H and O–H groups in total. The number of nitrogens with one attached hydrogen (secondary N) is 1.